The van der Waals surface area contributed by atoms with Crippen LogP contribution in [0.25, 0.3) is 11.1 Å². The third-order valence-corrected chi connectivity index (χ3v) is 4.41. The van der Waals surface area contributed by atoms with Gasteiger partial charge in [0.1, 0.15) is 11.4 Å². The molecule has 0 bridgehead atoms. The van der Waals surface area contributed by atoms with Gasteiger partial charge in [-0.1, -0.05) is 11.6 Å². The zero-order chi connectivity index (χ0) is 19.0. The van der Waals surface area contributed by atoms with Crippen LogP contribution < -0.4 is 10.6 Å². The monoisotopic (exact) mass is 394 g/mol. The number of nitrogens with zero attached hydrogens (tertiary/aromatic N) is 2. The first kappa shape index (κ1) is 17.7. The molecule has 0 amide bonds. The van der Waals surface area contributed by atoms with Crippen molar-refractivity contribution in [2.24, 2.45) is 4.99 Å². The van der Waals surface area contributed by atoms with Crippen LogP contribution in [0.5, 0.6) is 0 Å². The molecule has 140 valence electrons. The number of aliphatic imine (C=N–C) groups is 1. The maximum absolute atomic E-state index is 13.0. The fraction of sp³-hybridized carbons (Fsp3) is 0.222. The number of amidine groups is 1. The molecule has 1 aliphatic heterocycles. The molecule has 5 nitrogen and oxygen atoms in total. The lowest BCUT2D eigenvalue weighted by Crippen LogP contribution is -2.30. The molecule has 0 fully saturated rings. The van der Waals surface area contributed by atoms with Gasteiger partial charge in [-0.3, -0.25) is 4.99 Å². The molecule has 0 radical (unpaired) electrons. The van der Waals surface area contributed by atoms with Crippen LogP contribution in [0.1, 0.15) is 17.5 Å². The zero-order valence-corrected chi connectivity index (χ0v) is 14.7. The smallest absolute Gasteiger partial charge is 0.417 e. The van der Waals surface area contributed by atoms with Crippen molar-refractivity contribution in [3.8, 4) is 0 Å². The molecule has 1 aliphatic rings. The summed E-state index contributed by atoms with van der Waals surface area (Å²) in [6, 6.07) is 9.06. The summed E-state index contributed by atoms with van der Waals surface area (Å²) in [6.45, 7) is 1.63. The van der Waals surface area contributed by atoms with Crippen LogP contribution in [0.4, 0.5) is 24.9 Å². The molecule has 4 rings (SSSR count). The van der Waals surface area contributed by atoms with Crippen LogP contribution in [0, 0.1) is 0 Å². The van der Waals surface area contributed by atoms with E-state index >= 15 is 0 Å². The molecule has 2 heterocycles. The van der Waals surface area contributed by atoms with E-state index in [1.807, 2.05) is 12.1 Å². The highest BCUT2D eigenvalue weighted by Crippen LogP contribution is 2.36. The molecule has 0 atom stereocenters. The lowest BCUT2D eigenvalue weighted by Gasteiger charge is -2.14. The predicted octanol–water partition coefficient (Wildman–Crippen LogP) is 4.98. The fourth-order valence-electron chi connectivity index (χ4n) is 2.80. The maximum Gasteiger partial charge on any atom is 0.417 e. The number of hydrogen-bond donors (Lipinski definition) is 2. The molecular formula is C18H14ClF3N4O. The fourth-order valence-corrected chi connectivity index (χ4v) is 3.02. The Hall–Kier alpha value is -2.74. The van der Waals surface area contributed by atoms with E-state index in [9.17, 15) is 13.2 Å². The van der Waals surface area contributed by atoms with Gasteiger partial charge >= 0.3 is 6.18 Å². The molecule has 0 spiro atoms. The molecule has 27 heavy (non-hydrogen) atoms. The van der Waals surface area contributed by atoms with Crippen LogP contribution >= 0.6 is 11.6 Å². The summed E-state index contributed by atoms with van der Waals surface area (Å²) in [5.41, 5.74) is 1.23. The SMILES string of the molecule is FC(F)(F)c1cc(Nc2nc3cc(C4=NCCCN4)ccc3o2)ccc1Cl. The second kappa shape index (κ2) is 6.77. The Bertz CT molecular complexity index is 1030. The Morgan fingerprint density at radius 1 is 1.15 bits per heavy atom. The van der Waals surface area contributed by atoms with Crippen molar-refractivity contribution < 1.29 is 17.6 Å². The number of fused-ring (bicyclic) bond motifs is 1. The van der Waals surface area contributed by atoms with Crippen LogP contribution in [-0.4, -0.2) is 23.9 Å². The van der Waals surface area contributed by atoms with Gasteiger partial charge in [0.2, 0.25) is 0 Å². The van der Waals surface area contributed by atoms with Crippen molar-refractivity contribution >= 4 is 40.2 Å². The minimum atomic E-state index is -4.54. The quantitative estimate of drug-likeness (QED) is 0.657. The Morgan fingerprint density at radius 2 is 2.00 bits per heavy atom. The predicted molar refractivity (Wildman–Crippen MR) is 97.8 cm³/mol. The maximum atomic E-state index is 13.0. The number of alkyl halides is 3. The number of aromatic nitrogens is 1. The molecule has 2 aromatic carbocycles. The Balaban J connectivity index is 1.62. The standard InChI is InChI=1S/C18H14ClF3N4O/c19-13-4-3-11(9-12(13)18(20,21)22)25-17-26-14-8-10(2-5-15(14)27-17)16-23-6-1-7-24-16/h2-5,8-9H,1,6-7H2,(H,23,24)(H,25,26). The highest BCUT2D eigenvalue weighted by molar-refractivity contribution is 6.31. The summed E-state index contributed by atoms with van der Waals surface area (Å²) in [6.07, 6.45) is -3.55. The molecule has 0 saturated carbocycles. The topological polar surface area (TPSA) is 62.5 Å². The summed E-state index contributed by atoms with van der Waals surface area (Å²) >= 11 is 5.64. The van der Waals surface area contributed by atoms with Crippen molar-refractivity contribution in [2.45, 2.75) is 12.6 Å². The van der Waals surface area contributed by atoms with E-state index < -0.39 is 11.7 Å². The summed E-state index contributed by atoms with van der Waals surface area (Å²) in [7, 11) is 0. The van der Waals surface area contributed by atoms with Gasteiger partial charge in [-0.05, 0) is 42.8 Å². The Labute approximate surface area is 157 Å². The summed E-state index contributed by atoms with van der Waals surface area (Å²) in [5, 5.41) is 5.61. The molecule has 0 aliphatic carbocycles. The van der Waals surface area contributed by atoms with E-state index in [2.05, 4.69) is 20.6 Å². The largest absolute Gasteiger partial charge is 0.423 e. The lowest BCUT2D eigenvalue weighted by atomic mass is 10.1. The molecule has 3 aromatic rings. The van der Waals surface area contributed by atoms with E-state index in [1.54, 1.807) is 6.07 Å². The van der Waals surface area contributed by atoms with Gasteiger partial charge in [0.15, 0.2) is 5.58 Å². The van der Waals surface area contributed by atoms with Crippen LogP contribution in [0.15, 0.2) is 45.8 Å². The third kappa shape index (κ3) is 3.71. The number of halogens is 4. The first-order chi connectivity index (χ1) is 12.9. The second-order valence-electron chi connectivity index (χ2n) is 6.03. The minimum absolute atomic E-state index is 0.0936. The van der Waals surface area contributed by atoms with Gasteiger partial charge in [0.25, 0.3) is 6.01 Å². The average molecular weight is 395 g/mol. The number of nitrogens with one attached hydrogen (secondary N) is 2. The average Bonchev–Trinajstić information content (AvgIpc) is 3.04. The molecule has 1 aromatic heterocycles. The number of hydrogen-bond acceptors (Lipinski definition) is 5. The Morgan fingerprint density at radius 3 is 2.74 bits per heavy atom. The lowest BCUT2D eigenvalue weighted by molar-refractivity contribution is -0.137. The highest BCUT2D eigenvalue weighted by Gasteiger charge is 2.33. The van der Waals surface area contributed by atoms with E-state index in [0.717, 1.165) is 37.0 Å². The van der Waals surface area contributed by atoms with Crippen molar-refractivity contribution in [1.82, 2.24) is 10.3 Å². The number of oxazole rings is 1. The normalized spacial score (nSPS) is 14.7. The van der Waals surface area contributed by atoms with Crippen LogP contribution in [-0.2, 0) is 6.18 Å². The van der Waals surface area contributed by atoms with Crippen LogP contribution in [0.2, 0.25) is 5.02 Å². The van der Waals surface area contributed by atoms with Crippen molar-refractivity contribution in [3.63, 3.8) is 0 Å². The van der Waals surface area contributed by atoms with Crippen molar-refractivity contribution in [2.75, 3.05) is 18.4 Å². The number of anilines is 2. The summed E-state index contributed by atoms with van der Waals surface area (Å²) in [4.78, 5) is 8.74. The molecule has 2 N–H and O–H groups in total. The van der Waals surface area contributed by atoms with Gasteiger partial charge in [0, 0.05) is 24.3 Å². The highest BCUT2D eigenvalue weighted by atomic mass is 35.5. The van der Waals surface area contributed by atoms with Gasteiger partial charge in [-0.25, -0.2) is 0 Å². The molecule has 0 unspecified atom stereocenters. The van der Waals surface area contributed by atoms with E-state index in [0.29, 0.717) is 11.1 Å². The summed E-state index contributed by atoms with van der Waals surface area (Å²) in [5.74, 6) is 0.799. The van der Waals surface area contributed by atoms with Crippen molar-refractivity contribution in [1.29, 1.82) is 0 Å². The minimum Gasteiger partial charge on any atom is -0.423 e. The van der Waals surface area contributed by atoms with Crippen LogP contribution in [0.3, 0.4) is 0 Å². The summed E-state index contributed by atoms with van der Waals surface area (Å²) < 4.78 is 44.5. The Kier molecular flexibility index (Phi) is 4.43. The first-order valence-electron chi connectivity index (χ1n) is 8.23. The van der Waals surface area contributed by atoms with Gasteiger partial charge in [0.05, 0.1) is 10.6 Å². The zero-order valence-electron chi connectivity index (χ0n) is 13.9. The molecular weight excluding hydrogens is 381 g/mol. The first-order valence-corrected chi connectivity index (χ1v) is 8.61. The molecule has 0 saturated heterocycles. The van der Waals surface area contributed by atoms with E-state index in [1.165, 1.54) is 12.1 Å². The van der Waals surface area contributed by atoms with Crippen molar-refractivity contribution in [3.05, 3.63) is 52.5 Å². The number of rotatable bonds is 3. The van der Waals surface area contributed by atoms with Gasteiger partial charge < -0.3 is 15.1 Å². The van der Waals surface area contributed by atoms with Gasteiger partial charge in [-0.2, -0.15) is 18.2 Å². The second-order valence-corrected chi connectivity index (χ2v) is 6.44. The molecule has 9 heteroatoms. The van der Waals surface area contributed by atoms with E-state index in [4.69, 9.17) is 16.0 Å². The third-order valence-electron chi connectivity index (χ3n) is 4.08. The van der Waals surface area contributed by atoms with Gasteiger partial charge in [-0.15, -0.1) is 0 Å². The number of benzene rings is 2. The van der Waals surface area contributed by atoms with E-state index in [-0.39, 0.29) is 16.7 Å².